The normalized spacial score (nSPS) is 14.9. The minimum Gasteiger partial charge on any atom is -0.391 e. The molecule has 0 rings (SSSR count). The average Bonchev–Trinajstić information content (AvgIpc) is 2.97. The number of nitrogens with one attached hydrogen (secondary N) is 1. The fourth-order valence-corrected chi connectivity index (χ4v) is 5.95. The first kappa shape index (κ1) is 44.2. The number of phosphoric ester groups is 1. The minimum absolute atomic E-state index is 0.0713. The van der Waals surface area contributed by atoms with Crippen LogP contribution in [0.4, 0.5) is 0 Å². The van der Waals surface area contributed by atoms with Gasteiger partial charge < -0.3 is 19.8 Å². The number of hydrogen-bond acceptors (Lipinski definition) is 5. The van der Waals surface area contributed by atoms with Crippen LogP contribution in [0.3, 0.4) is 0 Å². The maximum atomic E-state index is 12.7. The van der Waals surface area contributed by atoms with Crippen molar-refractivity contribution in [3.63, 3.8) is 0 Å². The van der Waals surface area contributed by atoms with Gasteiger partial charge in [0, 0.05) is 6.42 Å². The molecule has 8 nitrogen and oxygen atoms in total. The zero-order valence-corrected chi connectivity index (χ0v) is 31.0. The van der Waals surface area contributed by atoms with Gasteiger partial charge in [-0.2, -0.15) is 0 Å². The van der Waals surface area contributed by atoms with E-state index in [-0.39, 0.29) is 19.1 Å². The van der Waals surface area contributed by atoms with Crippen LogP contribution >= 0.6 is 7.82 Å². The largest absolute Gasteiger partial charge is 0.472 e. The second-order valence-corrected chi connectivity index (χ2v) is 15.4. The van der Waals surface area contributed by atoms with Crippen molar-refractivity contribution in [1.29, 1.82) is 0 Å². The molecule has 45 heavy (non-hydrogen) atoms. The van der Waals surface area contributed by atoms with Crippen molar-refractivity contribution in [3.8, 4) is 0 Å². The zero-order chi connectivity index (χ0) is 33.7. The molecule has 0 fully saturated rings. The first-order valence-corrected chi connectivity index (χ1v) is 20.0. The molecule has 1 amide bonds. The Balaban J connectivity index is 4.44. The van der Waals surface area contributed by atoms with Crippen LogP contribution in [0.25, 0.3) is 0 Å². The molecule has 0 saturated carbocycles. The molecule has 1 unspecified atom stereocenters. The highest BCUT2D eigenvalue weighted by atomic mass is 31.2. The molecule has 0 aromatic heterocycles. The number of phosphoric acid groups is 1. The van der Waals surface area contributed by atoms with Gasteiger partial charge in [-0.3, -0.25) is 13.8 Å². The number of allylic oxidation sites excluding steroid dienone is 2. The van der Waals surface area contributed by atoms with Crippen LogP contribution in [0, 0.1) is 0 Å². The van der Waals surface area contributed by atoms with E-state index in [0.29, 0.717) is 23.9 Å². The fourth-order valence-electron chi connectivity index (χ4n) is 5.21. The Kier molecular flexibility index (Phi) is 28.9. The van der Waals surface area contributed by atoms with Gasteiger partial charge in [-0.1, -0.05) is 129 Å². The Morgan fingerprint density at radius 3 is 1.71 bits per heavy atom. The number of carbonyl (C=O) groups excluding carboxylic acids is 1. The number of aliphatic hydroxyl groups excluding tert-OH is 1. The fraction of sp³-hybridized carbons (Fsp3) is 0.917. The molecule has 0 bridgehead atoms. The summed E-state index contributed by atoms with van der Waals surface area (Å²) in [6.45, 7) is 4.80. The molecule has 3 N–H and O–H groups in total. The van der Waals surface area contributed by atoms with Gasteiger partial charge in [0.15, 0.2) is 0 Å². The van der Waals surface area contributed by atoms with Gasteiger partial charge >= 0.3 is 7.82 Å². The molecule has 0 aromatic rings. The van der Waals surface area contributed by atoms with Crippen LogP contribution in [0.1, 0.15) is 162 Å². The predicted molar refractivity (Wildman–Crippen MR) is 189 cm³/mol. The van der Waals surface area contributed by atoms with E-state index >= 15 is 0 Å². The number of nitrogens with zero attached hydrogens (tertiary/aromatic N) is 1. The maximum Gasteiger partial charge on any atom is 0.472 e. The van der Waals surface area contributed by atoms with Crippen LogP contribution in [-0.4, -0.2) is 73.4 Å². The number of rotatable bonds is 33. The maximum absolute atomic E-state index is 12.7. The molecular weight excluding hydrogens is 587 g/mol. The first-order valence-electron chi connectivity index (χ1n) is 18.6. The lowest BCUT2D eigenvalue weighted by atomic mass is 10.0. The summed E-state index contributed by atoms with van der Waals surface area (Å²) in [5.74, 6) is -0.162. The smallest absolute Gasteiger partial charge is 0.391 e. The highest BCUT2D eigenvalue weighted by Crippen LogP contribution is 2.43. The zero-order valence-electron chi connectivity index (χ0n) is 30.1. The van der Waals surface area contributed by atoms with Crippen LogP contribution in [0.5, 0.6) is 0 Å². The van der Waals surface area contributed by atoms with Crippen molar-refractivity contribution in [2.45, 2.75) is 174 Å². The second-order valence-electron chi connectivity index (χ2n) is 14.0. The quantitative estimate of drug-likeness (QED) is 0.0280. The Hall–Kier alpha value is -0.760. The monoisotopic (exact) mass is 662 g/mol. The molecule has 0 heterocycles. The Morgan fingerprint density at radius 1 is 0.733 bits per heavy atom. The number of aliphatic hydroxyl groups is 1. The summed E-state index contributed by atoms with van der Waals surface area (Å²) in [5.41, 5.74) is 0. The molecule has 0 aromatic carbocycles. The molecule has 0 spiro atoms. The van der Waals surface area contributed by atoms with E-state index < -0.39 is 20.0 Å². The second kappa shape index (κ2) is 29.4. The van der Waals surface area contributed by atoms with E-state index in [1.165, 1.54) is 89.9 Å². The standard InChI is InChI=1S/C36H73N2O6P/c1-6-8-10-12-14-15-16-17-18-19-20-21-22-24-25-27-29-35(39)34(33-44-45(41,42)43-32-31-38(3,4)5)37-36(40)30-28-26-23-13-11-9-7-2/h21-22,34-35,39H,6-20,23-33H2,1-5H3,(H-,37,40,41,42)/p+1/b22-21+/t34-,35+/m1/s1. The van der Waals surface area contributed by atoms with Crippen LogP contribution in [0.15, 0.2) is 12.2 Å². The number of unbranched alkanes of at least 4 members (excludes halogenated alkanes) is 18. The van der Waals surface area contributed by atoms with Gasteiger partial charge in [0.05, 0.1) is 39.9 Å². The lowest BCUT2D eigenvalue weighted by Gasteiger charge is -2.26. The van der Waals surface area contributed by atoms with Gasteiger partial charge in [0.1, 0.15) is 13.2 Å². The van der Waals surface area contributed by atoms with E-state index in [9.17, 15) is 19.4 Å². The summed E-state index contributed by atoms with van der Waals surface area (Å²) in [4.78, 5) is 22.8. The molecular formula is C36H74N2O6P+. The van der Waals surface area contributed by atoms with Crippen molar-refractivity contribution in [3.05, 3.63) is 12.2 Å². The third-order valence-electron chi connectivity index (χ3n) is 8.26. The van der Waals surface area contributed by atoms with Gasteiger partial charge in [0.25, 0.3) is 0 Å². The lowest BCUT2D eigenvalue weighted by molar-refractivity contribution is -0.870. The Morgan fingerprint density at radius 2 is 1.20 bits per heavy atom. The molecule has 0 radical (unpaired) electrons. The molecule has 0 aliphatic rings. The molecule has 268 valence electrons. The summed E-state index contributed by atoms with van der Waals surface area (Å²) in [6, 6.07) is -0.767. The summed E-state index contributed by atoms with van der Waals surface area (Å²) < 4.78 is 23.4. The van der Waals surface area contributed by atoms with Crippen molar-refractivity contribution < 1.29 is 32.9 Å². The van der Waals surface area contributed by atoms with E-state index in [4.69, 9.17) is 9.05 Å². The number of carbonyl (C=O) groups is 1. The lowest BCUT2D eigenvalue weighted by Crippen LogP contribution is -2.46. The van der Waals surface area contributed by atoms with Crippen molar-refractivity contribution in [2.75, 3.05) is 40.9 Å². The SMILES string of the molecule is CCCCCCCCCCCC/C=C/CCCC[C@H](O)[C@@H](COP(=O)(O)OCC[N+](C)(C)C)NC(=O)CCCCCCCCC. The number of amides is 1. The van der Waals surface area contributed by atoms with Crippen molar-refractivity contribution >= 4 is 13.7 Å². The summed E-state index contributed by atoms with van der Waals surface area (Å²) in [7, 11) is 1.60. The topological polar surface area (TPSA) is 105 Å². The van der Waals surface area contributed by atoms with Gasteiger partial charge in [-0.25, -0.2) is 4.57 Å². The Labute approximate surface area is 278 Å². The highest BCUT2D eigenvalue weighted by molar-refractivity contribution is 7.47. The molecule has 9 heteroatoms. The van der Waals surface area contributed by atoms with Crippen molar-refractivity contribution in [2.24, 2.45) is 0 Å². The summed E-state index contributed by atoms with van der Waals surface area (Å²) in [5, 5.41) is 13.8. The van der Waals surface area contributed by atoms with E-state index in [0.717, 1.165) is 44.9 Å². The van der Waals surface area contributed by atoms with E-state index in [1.807, 2.05) is 21.1 Å². The highest BCUT2D eigenvalue weighted by Gasteiger charge is 2.28. The van der Waals surface area contributed by atoms with Crippen LogP contribution in [0.2, 0.25) is 0 Å². The third kappa shape index (κ3) is 31.6. The van der Waals surface area contributed by atoms with Crippen LogP contribution < -0.4 is 5.32 Å². The molecule has 3 atom stereocenters. The first-order chi connectivity index (χ1) is 21.5. The van der Waals surface area contributed by atoms with Crippen LogP contribution in [-0.2, 0) is 18.4 Å². The number of likely N-dealkylation sites (N-methyl/N-ethyl adjacent to an activating group) is 1. The van der Waals surface area contributed by atoms with E-state index in [1.54, 1.807) is 0 Å². The molecule has 0 aliphatic carbocycles. The summed E-state index contributed by atoms with van der Waals surface area (Å²) >= 11 is 0. The summed E-state index contributed by atoms with van der Waals surface area (Å²) in [6.07, 6.45) is 29.6. The number of quaternary nitrogens is 1. The minimum atomic E-state index is -4.30. The number of hydrogen-bond donors (Lipinski definition) is 3. The molecule has 0 aliphatic heterocycles. The van der Waals surface area contributed by atoms with E-state index in [2.05, 4.69) is 31.3 Å². The average molecular weight is 662 g/mol. The van der Waals surface area contributed by atoms with Gasteiger partial charge in [0.2, 0.25) is 5.91 Å². The molecule has 0 saturated heterocycles. The van der Waals surface area contributed by atoms with Gasteiger partial charge in [-0.15, -0.1) is 0 Å². The van der Waals surface area contributed by atoms with Crippen molar-refractivity contribution in [1.82, 2.24) is 5.32 Å². The van der Waals surface area contributed by atoms with Gasteiger partial charge in [-0.05, 0) is 38.5 Å². The predicted octanol–water partition coefficient (Wildman–Crippen LogP) is 9.24. The third-order valence-corrected chi connectivity index (χ3v) is 9.25. The Bertz CT molecular complexity index is 758.